The van der Waals surface area contributed by atoms with Crippen molar-refractivity contribution in [3.05, 3.63) is 54.7 Å². The highest BCUT2D eigenvalue weighted by Crippen LogP contribution is 2.16. The van der Waals surface area contributed by atoms with Gasteiger partial charge < -0.3 is 10.3 Å². The van der Waals surface area contributed by atoms with Crippen molar-refractivity contribution in [2.24, 2.45) is 0 Å². The summed E-state index contributed by atoms with van der Waals surface area (Å²) < 4.78 is 0. The van der Waals surface area contributed by atoms with E-state index in [9.17, 15) is 0 Å². The lowest BCUT2D eigenvalue weighted by Gasteiger charge is -2.05. The van der Waals surface area contributed by atoms with Gasteiger partial charge in [0.1, 0.15) is 0 Å². The van der Waals surface area contributed by atoms with Gasteiger partial charge in [-0.05, 0) is 12.1 Å². The minimum absolute atomic E-state index is 0.722. The number of H-pyrrole nitrogens is 1. The average molecular weight is 224 g/mol. The van der Waals surface area contributed by atoms with Crippen LogP contribution in [-0.4, -0.2) is 15.0 Å². The van der Waals surface area contributed by atoms with Crippen molar-refractivity contribution in [3.63, 3.8) is 0 Å². The van der Waals surface area contributed by atoms with Crippen LogP contribution in [0.2, 0.25) is 0 Å². The summed E-state index contributed by atoms with van der Waals surface area (Å²) in [7, 11) is 0. The lowest BCUT2D eigenvalue weighted by atomic mass is 10.2. The molecule has 0 spiro atoms. The minimum atomic E-state index is 0.722. The molecule has 0 fully saturated rings. The van der Waals surface area contributed by atoms with E-state index in [0.717, 1.165) is 28.8 Å². The largest absolute Gasteiger partial charge is 0.378 e. The van der Waals surface area contributed by atoms with Crippen LogP contribution < -0.4 is 5.32 Å². The second-order valence-electron chi connectivity index (χ2n) is 3.85. The molecule has 0 bridgehead atoms. The van der Waals surface area contributed by atoms with E-state index in [1.807, 2.05) is 30.6 Å². The highest BCUT2D eigenvalue weighted by atomic mass is 14.9. The molecule has 0 amide bonds. The Labute approximate surface area is 98.7 Å². The first-order chi connectivity index (χ1) is 8.42. The zero-order chi connectivity index (χ0) is 11.5. The predicted octanol–water partition coefficient (Wildman–Crippen LogP) is 2.57. The van der Waals surface area contributed by atoms with Crippen LogP contribution >= 0.6 is 0 Å². The molecule has 3 aromatic rings. The zero-order valence-electron chi connectivity index (χ0n) is 9.22. The second kappa shape index (κ2) is 4.25. The molecule has 0 atom stereocenters. The predicted molar refractivity (Wildman–Crippen MR) is 67.7 cm³/mol. The summed E-state index contributed by atoms with van der Waals surface area (Å²) in [4.78, 5) is 11.4. The molecule has 3 rings (SSSR count). The number of aromatic amines is 1. The van der Waals surface area contributed by atoms with E-state index in [-0.39, 0.29) is 0 Å². The number of hydrogen-bond donors (Lipinski definition) is 2. The molecule has 0 unspecified atom stereocenters. The van der Waals surface area contributed by atoms with E-state index >= 15 is 0 Å². The molecule has 0 saturated heterocycles. The third-order valence-electron chi connectivity index (χ3n) is 2.63. The van der Waals surface area contributed by atoms with E-state index in [2.05, 4.69) is 32.4 Å². The standard InChI is InChI=1S/C13H12N4/c1-2-4-13-10(3-1)5-11(7-16-13)15-8-12-6-14-9-17-12/h1-7,9,15H,8H2,(H,14,17). The lowest BCUT2D eigenvalue weighted by molar-refractivity contribution is 1.07. The smallest absolute Gasteiger partial charge is 0.0922 e. The summed E-state index contributed by atoms with van der Waals surface area (Å²) in [5.41, 5.74) is 3.08. The fourth-order valence-electron chi connectivity index (χ4n) is 1.75. The number of hydrogen-bond acceptors (Lipinski definition) is 3. The summed E-state index contributed by atoms with van der Waals surface area (Å²) in [6.45, 7) is 0.722. The van der Waals surface area contributed by atoms with Crippen LogP contribution in [0.5, 0.6) is 0 Å². The first-order valence-electron chi connectivity index (χ1n) is 5.48. The number of pyridine rings is 1. The minimum Gasteiger partial charge on any atom is -0.378 e. The van der Waals surface area contributed by atoms with Crippen LogP contribution in [0.4, 0.5) is 5.69 Å². The number of nitrogens with zero attached hydrogens (tertiary/aromatic N) is 2. The van der Waals surface area contributed by atoms with Crippen molar-refractivity contribution in [2.75, 3.05) is 5.32 Å². The quantitative estimate of drug-likeness (QED) is 0.719. The zero-order valence-corrected chi connectivity index (χ0v) is 9.22. The van der Waals surface area contributed by atoms with Crippen LogP contribution in [-0.2, 0) is 6.54 Å². The van der Waals surface area contributed by atoms with Gasteiger partial charge in [0.15, 0.2) is 0 Å². The lowest BCUT2D eigenvalue weighted by Crippen LogP contribution is -1.99. The van der Waals surface area contributed by atoms with Crippen LogP contribution in [0, 0.1) is 0 Å². The fourth-order valence-corrected chi connectivity index (χ4v) is 1.75. The summed E-state index contributed by atoms with van der Waals surface area (Å²) >= 11 is 0. The number of aromatic nitrogens is 3. The van der Waals surface area contributed by atoms with Crippen molar-refractivity contribution in [3.8, 4) is 0 Å². The Balaban J connectivity index is 1.81. The van der Waals surface area contributed by atoms with Gasteiger partial charge in [-0.2, -0.15) is 0 Å². The first-order valence-corrected chi connectivity index (χ1v) is 5.48. The molecule has 0 aliphatic heterocycles. The van der Waals surface area contributed by atoms with E-state index in [0.29, 0.717) is 0 Å². The van der Waals surface area contributed by atoms with Gasteiger partial charge >= 0.3 is 0 Å². The van der Waals surface area contributed by atoms with Gasteiger partial charge in [0.2, 0.25) is 0 Å². The van der Waals surface area contributed by atoms with E-state index in [1.165, 1.54) is 0 Å². The number of anilines is 1. The van der Waals surface area contributed by atoms with Crippen LogP contribution in [0.15, 0.2) is 49.1 Å². The van der Waals surface area contributed by atoms with E-state index in [4.69, 9.17) is 0 Å². The number of rotatable bonds is 3. The van der Waals surface area contributed by atoms with Gasteiger partial charge in [0, 0.05) is 11.6 Å². The van der Waals surface area contributed by atoms with Crippen molar-refractivity contribution in [2.45, 2.75) is 6.54 Å². The van der Waals surface area contributed by atoms with Crippen LogP contribution in [0.25, 0.3) is 10.9 Å². The molecule has 2 N–H and O–H groups in total. The van der Waals surface area contributed by atoms with Gasteiger partial charge in [0.25, 0.3) is 0 Å². The number of benzene rings is 1. The molecule has 1 aromatic carbocycles. The van der Waals surface area contributed by atoms with Gasteiger partial charge in [-0.3, -0.25) is 4.98 Å². The highest BCUT2D eigenvalue weighted by molar-refractivity contribution is 5.81. The van der Waals surface area contributed by atoms with Crippen molar-refractivity contribution >= 4 is 16.6 Å². The first kappa shape index (κ1) is 9.84. The van der Waals surface area contributed by atoms with Crippen LogP contribution in [0.3, 0.4) is 0 Å². The Hall–Kier alpha value is -2.36. The van der Waals surface area contributed by atoms with Gasteiger partial charge in [-0.25, -0.2) is 4.98 Å². The van der Waals surface area contributed by atoms with Gasteiger partial charge in [-0.1, -0.05) is 18.2 Å². The number of fused-ring (bicyclic) bond motifs is 1. The molecule has 4 heteroatoms. The Morgan fingerprint density at radius 1 is 1.18 bits per heavy atom. The Kier molecular flexibility index (Phi) is 2.46. The topological polar surface area (TPSA) is 53.6 Å². The maximum absolute atomic E-state index is 4.39. The molecule has 0 radical (unpaired) electrons. The maximum Gasteiger partial charge on any atom is 0.0922 e. The van der Waals surface area contributed by atoms with Crippen LogP contribution in [0.1, 0.15) is 5.69 Å². The molecule has 84 valence electrons. The molecule has 0 aliphatic carbocycles. The molecule has 2 heterocycles. The molecule has 4 nitrogen and oxygen atoms in total. The molecule has 2 aromatic heterocycles. The second-order valence-corrected chi connectivity index (χ2v) is 3.85. The van der Waals surface area contributed by atoms with Crippen molar-refractivity contribution < 1.29 is 0 Å². The molecule has 17 heavy (non-hydrogen) atoms. The number of nitrogens with one attached hydrogen (secondary N) is 2. The van der Waals surface area contributed by atoms with E-state index < -0.39 is 0 Å². The van der Waals surface area contributed by atoms with Gasteiger partial charge in [-0.15, -0.1) is 0 Å². The Morgan fingerprint density at radius 3 is 3.00 bits per heavy atom. The number of imidazole rings is 1. The fraction of sp³-hybridized carbons (Fsp3) is 0.0769. The van der Waals surface area contributed by atoms with Crippen molar-refractivity contribution in [1.29, 1.82) is 0 Å². The Bertz CT molecular complexity index is 616. The average Bonchev–Trinajstić information content (AvgIpc) is 2.89. The molecule has 0 aliphatic rings. The number of para-hydroxylation sites is 1. The third kappa shape index (κ3) is 2.10. The summed E-state index contributed by atoms with van der Waals surface area (Å²) in [6.07, 6.45) is 5.33. The van der Waals surface area contributed by atoms with E-state index in [1.54, 1.807) is 6.33 Å². The summed E-state index contributed by atoms with van der Waals surface area (Å²) in [6, 6.07) is 10.2. The normalized spacial score (nSPS) is 10.6. The Morgan fingerprint density at radius 2 is 2.12 bits per heavy atom. The SMILES string of the molecule is c1ccc2ncc(NCc3cnc[nH]3)cc2c1. The molecular formula is C13H12N4. The monoisotopic (exact) mass is 224 g/mol. The summed E-state index contributed by atoms with van der Waals surface area (Å²) in [5, 5.41) is 4.45. The summed E-state index contributed by atoms with van der Waals surface area (Å²) in [5.74, 6) is 0. The highest BCUT2D eigenvalue weighted by Gasteiger charge is 1.98. The van der Waals surface area contributed by atoms with Crippen molar-refractivity contribution in [1.82, 2.24) is 15.0 Å². The molecule has 0 saturated carbocycles. The third-order valence-corrected chi connectivity index (χ3v) is 2.63. The molecular weight excluding hydrogens is 212 g/mol. The van der Waals surface area contributed by atoms with Gasteiger partial charge in [0.05, 0.1) is 36.0 Å². The maximum atomic E-state index is 4.39.